The Balaban J connectivity index is 1.50. The van der Waals surface area contributed by atoms with Crippen molar-refractivity contribution in [2.24, 2.45) is 0 Å². The number of unbranched alkanes of at least 4 members (excludes halogenated alkanes) is 30. The number of aliphatic hydroxyl groups excluding tert-OH is 10. The smallest absolute Gasteiger partial charge is 0.220 e. The van der Waals surface area contributed by atoms with Crippen molar-refractivity contribution in [3.05, 3.63) is 24.3 Å². The molecule has 3 saturated heterocycles. The van der Waals surface area contributed by atoms with E-state index in [2.05, 4.69) is 36.6 Å². The predicted octanol–water partition coefficient (Wildman–Crippen LogP) is 6.86. The van der Waals surface area contributed by atoms with Crippen LogP contribution >= 0.6 is 0 Å². The van der Waals surface area contributed by atoms with Gasteiger partial charge in [0, 0.05) is 13.3 Å². The Morgan fingerprint density at radius 2 is 0.881 bits per heavy atom. The van der Waals surface area contributed by atoms with E-state index in [1.807, 2.05) is 6.08 Å². The Morgan fingerprint density at radius 1 is 0.464 bits per heavy atom. The van der Waals surface area contributed by atoms with Crippen LogP contribution in [0.15, 0.2) is 24.3 Å². The highest BCUT2D eigenvalue weighted by atomic mass is 16.8. The second kappa shape index (κ2) is 46.8. The van der Waals surface area contributed by atoms with E-state index in [0.717, 1.165) is 51.9 Å². The van der Waals surface area contributed by atoms with Crippen LogP contribution in [-0.4, -0.2) is 194 Å². The van der Waals surface area contributed by atoms with E-state index in [9.17, 15) is 60.7 Å². The Labute approximate surface area is 503 Å². The van der Waals surface area contributed by atoms with Gasteiger partial charge in [-0.25, -0.2) is 0 Å². The van der Waals surface area contributed by atoms with E-state index < -0.39 is 130 Å². The molecule has 12 N–H and O–H groups in total. The summed E-state index contributed by atoms with van der Waals surface area (Å²) in [6, 6.07) is -2.45. The van der Waals surface area contributed by atoms with Crippen molar-refractivity contribution in [1.82, 2.24) is 10.6 Å². The highest BCUT2D eigenvalue weighted by molar-refractivity contribution is 5.76. The Kier molecular flexibility index (Phi) is 42.4. The summed E-state index contributed by atoms with van der Waals surface area (Å²) in [7, 11) is 0. The molecular formula is C64H118N2O18. The molecule has 492 valence electrons. The minimum absolute atomic E-state index is 0.237. The van der Waals surface area contributed by atoms with E-state index in [1.54, 1.807) is 6.08 Å². The van der Waals surface area contributed by atoms with Crippen LogP contribution in [0.3, 0.4) is 0 Å². The van der Waals surface area contributed by atoms with Gasteiger partial charge in [-0.1, -0.05) is 205 Å². The maximum atomic E-state index is 13.4. The van der Waals surface area contributed by atoms with Gasteiger partial charge in [0.2, 0.25) is 11.8 Å². The molecule has 20 nitrogen and oxygen atoms in total. The molecule has 20 heteroatoms. The number of hydrogen-bond donors (Lipinski definition) is 12. The van der Waals surface area contributed by atoms with Gasteiger partial charge in [-0.2, -0.15) is 0 Å². The molecule has 3 fully saturated rings. The molecule has 17 atom stereocenters. The molecule has 0 aromatic carbocycles. The van der Waals surface area contributed by atoms with Gasteiger partial charge in [0.25, 0.3) is 0 Å². The SMILES string of the molecule is CCCCCCCC/C=C\CCCCCCCCCCCCCCCC(=O)N[C@@H](CO[C@@H]1OC(CO)[C@@H](O[C@@H]2OC(CO)[C@H](O)[C@H](O[C@@H]3OC(CO)[C@@H](O)[C@H](O)C3NC(C)=O)C2O)[C@H](O)C1O)[C@H](O)/C=C/CCCCCCCCCCCCC. The molecule has 3 aliphatic rings. The van der Waals surface area contributed by atoms with Crippen molar-refractivity contribution in [2.75, 3.05) is 26.4 Å². The van der Waals surface area contributed by atoms with E-state index in [-0.39, 0.29) is 18.9 Å². The van der Waals surface area contributed by atoms with Gasteiger partial charge < -0.3 is 90.1 Å². The van der Waals surface area contributed by atoms with Crippen LogP contribution in [0.25, 0.3) is 0 Å². The fourth-order valence-electron chi connectivity index (χ4n) is 11.4. The molecule has 0 bridgehead atoms. The lowest BCUT2D eigenvalue weighted by molar-refractivity contribution is -0.375. The number of amides is 2. The van der Waals surface area contributed by atoms with E-state index >= 15 is 0 Å². The molecule has 0 spiro atoms. The lowest BCUT2D eigenvalue weighted by Crippen LogP contribution is -2.68. The third-order valence-electron chi connectivity index (χ3n) is 16.6. The summed E-state index contributed by atoms with van der Waals surface area (Å²) in [5.74, 6) is -0.944. The second-order valence-corrected chi connectivity index (χ2v) is 24.0. The molecule has 3 aliphatic heterocycles. The molecule has 0 radical (unpaired) electrons. The zero-order valence-electron chi connectivity index (χ0n) is 51.7. The molecule has 3 heterocycles. The molecule has 84 heavy (non-hydrogen) atoms. The number of carbonyl (C=O) groups is 2. The van der Waals surface area contributed by atoms with E-state index in [4.69, 9.17) is 28.4 Å². The fraction of sp³-hybridized carbons (Fsp3) is 0.906. The number of ether oxygens (including phenoxy) is 6. The van der Waals surface area contributed by atoms with Crippen LogP contribution in [0, 0.1) is 0 Å². The van der Waals surface area contributed by atoms with Crippen molar-refractivity contribution in [2.45, 2.75) is 343 Å². The molecular weight excluding hydrogens is 1080 g/mol. The molecule has 6 unspecified atom stereocenters. The van der Waals surface area contributed by atoms with Crippen LogP contribution in [0.1, 0.15) is 239 Å². The monoisotopic (exact) mass is 1200 g/mol. The van der Waals surface area contributed by atoms with Crippen molar-refractivity contribution in [1.29, 1.82) is 0 Å². The minimum atomic E-state index is -1.98. The third-order valence-corrected chi connectivity index (χ3v) is 16.6. The maximum Gasteiger partial charge on any atom is 0.220 e. The predicted molar refractivity (Wildman–Crippen MR) is 321 cm³/mol. The lowest BCUT2D eigenvalue weighted by Gasteiger charge is -2.48. The standard InChI is InChI=1S/C64H118N2O18/c1-4-6-8-10-12-14-16-18-19-20-21-22-23-24-25-26-27-29-31-33-35-37-39-41-52(72)66-47(48(71)40-38-36-34-32-30-28-17-15-13-11-9-7-5-2)45-79-63-58(77)57(76)60(51(44-69)82-63)83-64-59(78)61(55(74)50(43-68)81-64)84-62-53(65-46(3)70)56(75)54(73)49(42-67)80-62/h18-19,38,40,47-51,53-64,67-69,71,73-78H,4-17,20-37,39,41-45H2,1-3H3,(H,65,70)(H,66,72)/b19-18-,40-38+/t47-,48+,49?,50?,51?,53?,54+,55-,56+,57+,58?,59?,60+,61-,62-,63+,64-/m0/s1. The third kappa shape index (κ3) is 29.9. The number of carbonyl (C=O) groups excluding carboxylic acids is 2. The molecule has 0 aliphatic carbocycles. The van der Waals surface area contributed by atoms with Crippen molar-refractivity contribution < 1.29 is 89.1 Å². The summed E-state index contributed by atoms with van der Waals surface area (Å²) in [4.78, 5) is 25.5. The average Bonchev–Trinajstić information content (AvgIpc) is 2.86. The highest BCUT2D eigenvalue weighted by Crippen LogP contribution is 2.33. The van der Waals surface area contributed by atoms with Crippen LogP contribution < -0.4 is 10.6 Å². The van der Waals surface area contributed by atoms with Crippen LogP contribution in [0.4, 0.5) is 0 Å². The van der Waals surface area contributed by atoms with Crippen molar-refractivity contribution >= 4 is 11.8 Å². The number of rotatable bonds is 49. The first kappa shape index (κ1) is 76.0. The summed E-state index contributed by atoms with van der Waals surface area (Å²) in [5, 5.41) is 114. The summed E-state index contributed by atoms with van der Waals surface area (Å²) < 4.78 is 34.9. The van der Waals surface area contributed by atoms with Gasteiger partial charge in [0.05, 0.1) is 38.6 Å². The summed E-state index contributed by atoms with van der Waals surface area (Å²) in [6.45, 7) is 2.80. The first-order valence-electron chi connectivity index (χ1n) is 33.1. The normalized spacial score (nSPS) is 29.2. The average molecular weight is 1200 g/mol. The van der Waals surface area contributed by atoms with Crippen molar-refractivity contribution in [3.8, 4) is 0 Å². The molecule has 0 aromatic heterocycles. The molecule has 0 saturated carbocycles. The van der Waals surface area contributed by atoms with Crippen LogP contribution in [0.5, 0.6) is 0 Å². The minimum Gasteiger partial charge on any atom is -0.394 e. The first-order chi connectivity index (χ1) is 40.7. The summed E-state index contributed by atoms with van der Waals surface area (Å²) >= 11 is 0. The highest BCUT2D eigenvalue weighted by Gasteiger charge is 2.54. The van der Waals surface area contributed by atoms with E-state index in [1.165, 1.54) is 161 Å². The van der Waals surface area contributed by atoms with Gasteiger partial charge >= 0.3 is 0 Å². The zero-order valence-corrected chi connectivity index (χ0v) is 51.7. The Hall–Kier alpha value is -2.22. The van der Waals surface area contributed by atoms with Gasteiger partial charge in [-0.3, -0.25) is 9.59 Å². The van der Waals surface area contributed by atoms with Gasteiger partial charge in [0.15, 0.2) is 18.9 Å². The number of nitrogens with one attached hydrogen (secondary N) is 2. The second-order valence-electron chi connectivity index (χ2n) is 24.0. The van der Waals surface area contributed by atoms with Crippen LogP contribution in [-0.2, 0) is 38.0 Å². The Bertz CT molecular complexity index is 1700. The van der Waals surface area contributed by atoms with Gasteiger partial charge in [0.1, 0.15) is 73.2 Å². The number of allylic oxidation sites excluding steroid dienone is 3. The fourth-order valence-corrected chi connectivity index (χ4v) is 11.4. The van der Waals surface area contributed by atoms with Gasteiger partial charge in [-0.15, -0.1) is 0 Å². The topological polar surface area (TPSA) is 316 Å². The number of hydrogen-bond acceptors (Lipinski definition) is 18. The first-order valence-corrected chi connectivity index (χ1v) is 33.1. The van der Waals surface area contributed by atoms with Crippen LogP contribution in [0.2, 0.25) is 0 Å². The van der Waals surface area contributed by atoms with E-state index in [0.29, 0.717) is 6.42 Å². The van der Waals surface area contributed by atoms with Crippen molar-refractivity contribution in [3.63, 3.8) is 0 Å². The quantitative estimate of drug-likeness (QED) is 0.0219. The maximum absolute atomic E-state index is 13.4. The summed E-state index contributed by atoms with van der Waals surface area (Å²) in [6.07, 6.45) is 23.2. The molecule has 3 rings (SSSR count). The summed E-state index contributed by atoms with van der Waals surface area (Å²) in [5.41, 5.74) is 0. The molecule has 0 aromatic rings. The Morgan fingerprint density at radius 3 is 1.36 bits per heavy atom. The largest absolute Gasteiger partial charge is 0.394 e. The zero-order chi connectivity index (χ0) is 61.3. The molecule has 2 amide bonds. The number of aliphatic hydroxyl groups is 10. The lowest BCUT2D eigenvalue weighted by atomic mass is 9.95. The van der Waals surface area contributed by atoms with Gasteiger partial charge in [-0.05, 0) is 44.9 Å².